The van der Waals surface area contributed by atoms with Crippen LogP contribution in [0.25, 0.3) is 0 Å². The van der Waals surface area contributed by atoms with Crippen molar-refractivity contribution >= 4 is 34.9 Å². The highest BCUT2D eigenvalue weighted by atomic mass is 35.5. The molecule has 2 N–H and O–H groups in total. The van der Waals surface area contributed by atoms with E-state index in [0.29, 0.717) is 24.3 Å². The normalized spacial score (nSPS) is 11.3. The zero-order valence-electron chi connectivity index (χ0n) is 12.8. The summed E-state index contributed by atoms with van der Waals surface area (Å²) in [6, 6.07) is 3.67. The van der Waals surface area contributed by atoms with Crippen molar-refractivity contribution in [3.8, 4) is 0 Å². The van der Waals surface area contributed by atoms with Gasteiger partial charge in [-0.05, 0) is 39.8 Å². The molecule has 0 aromatic carbocycles. The van der Waals surface area contributed by atoms with E-state index in [1.54, 1.807) is 12.1 Å². The Morgan fingerprint density at radius 2 is 1.71 bits per heavy atom. The molecule has 0 aliphatic carbocycles. The fourth-order valence-corrected chi connectivity index (χ4v) is 2.58. The van der Waals surface area contributed by atoms with Crippen LogP contribution in [0.4, 0.5) is 10.5 Å². The van der Waals surface area contributed by atoms with Gasteiger partial charge in [0.2, 0.25) is 0 Å². The Labute approximate surface area is 136 Å². The number of nitrogens with one attached hydrogen (secondary N) is 2. The Morgan fingerprint density at radius 1 is 1.19 bits per heavy atom. The van der Waals surface area contributed by atoms with Gasteiger partial charge in [0, 0.05) is 30.9 Å². The summed E-state index contributed by atoms with van der Waals surface area (Å²) in [5, 5.41) is 5.97. The second kappa shape index (κ2) is 8.41. The van der Waals surface area contributed by atoms with E-state index in [1.165, 1.54) is 0 Å². The fourth-order valence-electron chi connectivity index (χ4n) is 2.12. The molecule has 7 heteroatoms. The highest BCUT2D eigenvalue weighted by Crippen LogP contribution is 2.18. The molecule has 0 fully saturated rings. The molecule has 0 aliphatic heterocycles. The molecule has 0 aliphatic rings. The first-order valence-electron chi connectivity index (χ1n) is 6.93. The molecular weight excluding hydrogens is 311 g/mol. The third kappa shape index (κ3) is 6.50. The maximum atomic E-state index is 11.8. The van der Waals surface area contributed by atoms with Crippen molar-refractivity contribution in [1.29, 1.82) is 0 Å². The molecule has 1 rings (SSSR count). The summed E-state index contributed by atoms with van der Waals surface area (Å²) >= 11 is 11.6. The van der Waals surface area contributed by atoms with E-state index in [-0.39, 0.29) is 16.3 Å². The number of nitrogens with zero attached hydrogens (tertiary/aromatic N) is 2. The van der Waals surface area contributed by atoms with E-state index >= 15 is 0 Å². The maximum absolute atomic E-state index is 11.8. The van der Waals surface area contributed by atoms with Crippen LogP contribution in [0, 0.1) is 0 Å². The molecule has 21 heavy (non-hydrogen) atoms. The molecule has 0 saturated carbocycles. The SMILES string of the molecule is CC(C)N(CCNC(=O)Nc1cc(Cl)nc(Cl)c1)C(C)C. The van der Waals surface area contributed by atoms with Gasteiger partial charge in [-0.15, -0.1) is 0 Å². The molecular formula is C14H22Cl2N4O. The maximum Gasteiger partial charge on any atom is 0.319 e. The molecule has 5 nitrogen and oxygen atoms in total. The molecule has 0 bridgehead atoms. The highest BCUT2D eigenvalue weighted by molar-refractivity contribution is 6.32. The van der Waals surface area contributed by atoms with Crippen molar-refractivity contribution in [3.05, 3.63) is 22.4 Å². The standard InChI is InChI=1S/C14H22Cl2N4O/c1-9(2)20(10(3)4)6-5-17-14(21)18-11-7-12(15)19-13(16)8-11/h7-10H,5-6H2,1-4H3,(H2,17,18,19,21). The average molecular weight is 333 g/mol. The van der Waals surface area contributed by atoms with Crippen molar-refractivity contribution in [2.24, 2.45) is 0 Å². The number of amides is 2. The highest BCUT2D eigenvalue weighted by Gasteiger charge is 2.13. The van der Waals surface area contributed by atoms with Crippen LogP contribution < -0.4 is 10.6 Å². The zero-order chi connectivity index (χ0) is 16.0. The molecule has 0 atom stereocenters. The third-order valence-corrected chi connectivity index (χ3v) is 3.39. The van der Waals surface area contributed by atoms with Crippen molar-refractivity contribution in [2.75, 3.05) is 18.4 Å². The molecule has 0 saturated heterocycles. The predicted octanol–water partition coefficient (Wildman–Crippen LogP) is 3.63. The zero-order valence-corrected chi connectivity index (χ0v) is 14.3. The molecule has 1 aromatic heterocycles. The van der Waals surface area contributed by atoms with E-state index in [0.717, 1.165) is 6.54 Å². The number of anilines is 1. The van der Waals surface area contributed by atoms with E-state index in [4.69, 9.17) is 23.2 Å². The number of aromatic nitrogens is 1. The van der Waals surface area contributed by atoms with E-state index in [9.17, 15) is 4.79 Å². The molecule has 1 aromatic rings. The number of pyridine rings is 1. The smallest absolute Gasteiger partial charge is 0.319 e. The van der Waals surface area contributed by atoms with Crippen molar-refractivity contribution in [1.82, 2.24) is 15.2 Å². The van der Waals surface area contributed by atoms with Crippen LogP contribution >= 0.6 is 23.2 Å². The van der Waals surface area contributed by atoms with E-state index in [1.807, 2.05) is 0 Å². The van der Waals surface area contributed by atoms with Crippen LogP contribution in [0.2, 0.25) is 10.3 Å². The summed E-state index contributed by atoms with van der Waals surface area (Å²) in [4.78, 5) is 17.9. The molecule has 2 amide bonds. The van der Waals surface area contributed by atoms with E-state index in [2.05, 4.69) is 48.2 Å². The Balaban J connectivity index is 2.44. The second-order valence-corrected chi connectivity index (χ2v) is 6.08. The van der Waals surface area contributed by atoms with Gasteiger partial charge in [0.25, 0.3) is 0 Å². The Morgan fingerprint density at radius 3 is 2.19 bits per heavy atom. The number of halogens is 2. The van der Waals surface area contributed by atoms with Gasteiger partial charge in [0.1, 0.15) is 10.3 Å². The topological polar surface area (TPSA) is 57.3 Å². The van der Waals surface area contributed by atoms with Crippen LogP contribution in [-0.4, -0.2) is 41.1 Å². The number of hydrogen-bond donors (Lipinski definition) is 2. The van der Waals surface area contributed by atoms with Gasteiger partial charge in [0.15, 0.2) is 0 Å². The molecule has 0 unspecified atom stereocenters. The van der Waals surface area contributed by atoms with Gasteiger partial charge in [0.05, 0.1) is 0 Å². The minimum absolute atomic E-state index is 0.239. The van der Waals surface area contributed by atoms with Crippen LogP contribution in [0.15, 0.2) is 12.1 Å². The van der Waals surface area contributed by atoms with Gasteiger partial charge in [-0.3, -0.25) is 4.90 Å². The Hall–Kier alpha value is -1.04. The van der Waals surface area contributed by atoms with Gasteiger partial charge < -0.3 is 10.6 Å². The summed E-state index contributed by atoms with van der Waals surface area (Å²) in [5.74, 6) is 0. The van der Waals surface area contributed by atoms with Crippen molar-refractivity contribution < 1.29 is 4.79 Å². The van der Waals surface area contributed by atoms with Gasteiger partial charge >= 0.3 is 6.03 Å². The van der Waals surface area contributed by atoms with Crippen molar-refractivity contribution in [3.63, 3.8) is 0 Å². The second-order valence-electron chi connectivity index (χ2n) is 5.31. The molecule has 0 radical (unpaired) electrons. The first-order valence-corrected chi connectivity index (χ1v) is 7.69. The minimum Gasteiger partial charge on any atom is -0.337 e. The Kier molecular flexibility index (Phi) is 7.22. The summed E-state index contributed by atoms with van der Waals surface area (Å²) in [7, 11) is 0. The van der Waals surface area contributed by atoms with Gasteiger partial charge in [-0.2, -0.15) is 0 Å². The Bertz CT molecular complexity index is 452. The lowest BCUT2D eigenvalue weighted by molar-refractivity contribution is 0.176. The van der Waals surface area contributed by atoms with Crippen molar-refractivity contribution in [2.45, 2.75) is 39.8 Å². The lowest BCUT2D eigenvalue weighted by atomic mass is 10.2. The summed E-state index contributed by atoms with van der Waals surface area (Å²) < 4.78 is 0. The lowest BCUT2D eigenvalue weighted by Gasteiger charge is -2.30. The van der Waals surface area contributed by atoms with Crippen LogP contribution in [-0.2, 0) is 0 Å². The largest absolute Gasteiger partial charge is 0.337 e. The third-order valence-electron chi connectivity index (χ3n) is 3.00. The van der Waals surface area contributed by atoms with Crippen LogP contribution in [0.1, 0.15) is 27.7 Å². The van der Waals surface area contributed by atoms with E-state index < -0.39 is 0 Å². The first kappa shape index (κ1) is 18.0. The molecule has 0 spiro atoms. The number of carbonyl (C=O) groups excluding carboxylic acids is 1. The monoisotopic (exact) mass is 332 g/mol. The number of rotatable bonds is 6. The minimum atomic E-state index is -0.291. The predicted molar refractivity (Wildman–Crippen MR) is 88.3 cm³/mol. The summed E-state index contributed by atoms with van der Waals surface area (Å²) in [5.41, 5.74) is 0.516. The molecule has 118 valence electrons. The number of hydrogen-bond acceptors (Lipinski definition) is 3. The van der Waals surface area contributed by atoms with Crippen LogP contribution in [0.5, 0.6) is 0 Å². The van der Waals surface area contributed by atoms with Gasteiger partial charge in [-0.1, -0.05) is 23.2 Å². The fraction of sp³-hybridized carbons (Fsp3) is 0.571. The van der Waals surface area contributed by atoms with Gasteiger partial charge in [-0.25, -0.2) is 9.78 Å². The number of urea groups is 1. The molecule has 1 heterocycles. The quantitative estimate of drug-likeness (QED) is 0.782. The first-order chi connectivity index (χ1) is 9.79. The summed E-state index contributed by atoms with van der Waals surface area (Å²) in [6.07, 6.45) is 0. The average Bonchev–Trinajstić information content (AvgIpc) is 2.32. The number of carbonyl (C=O) groups is 1. The van der Waals surface area contributed by atoms with Crippen LogP contribution in [0.3, 0.4) is 0 Å². The lowest BCUT2D eigenvalue weighted by Crippen LogP contribution is -2.43. The summed E-state index contributed by atoms with van der Waals surface area (Å²) in [6.45, 7) is 9.92.